The number of carbonyl (C=O) groups is 2. The SMILES string of the molecule is COc1ccc(C(=O)CCC(=O)NC[C@@H]2O[C@H](n3ccc(=O)[nH]c3=O)C(O)C2O)cc1. The van der Waals surface area contributed by atoms with Crippen molar-refractivity contribution in [1.29, 1.82) is 0 Å². The summed E-state index contributed by atoms with van der Waals surface area (Å²) >= 11 is 0. The van der Waals surface area contributed by atoms with Gasteiger partial charge >= 0.3 is 5.69 Å². The van der Waals surface area contributed by atoms with Crippen molar-refractivity contribution in [3.05, 3.63) is 62.9 Å². The fraction of sp³-hybridized carbons (Fsp3) is 0.400. The number of Topliss-reactive ketones (excluding diaryl/α,β-unsaturated/α-hetero) is 1. The highest BCUT2D eigenvalue weighted by Crippen LogP contribution is 2.27. The maximum absolute atomic E-state index is 12.2. The molecule has 0 spiro atoms. The summed E-state index contributed by atoms with van der Waals surface area (Å²) < 4.78 is 11.5. The molecule has 1 saturated heterocycles. The lowest BCUT2D eigenvalue weighted by atomic mass is 10.1. The molecule has 1 aliphatic heterocycles. The summed E-state index contributed by atoms with van der Waals surface area (Å²) in [5.41, 5.74) is -0.951. The van der Waals surface area contributed by atoms with Gasteiger partial charge in [-0.2, -0.15) is 0 Å². The molecule has 0 saturated carbocycles. The molecule has 3 rings (SSSR count). The van der Waals surface area contributed by atoms with Crippen LogP contribution >= 0.6 is 0 Å². The Hall–Kier alpha value is -3.28. The maximum atomic E-state index is 12.2. The van der Waals surface area contributed by atoms with Crippen LogP contribution < -0.4 is 21.3 Å². The highest BCUT2D eigenvalue weighted by Gasteiger charge is 2.44. The van der Waals surface area contributed by atoms with Crippen LogP contribution in [0, 0.1) is 0 Å². The molecule has 1 aliphatic rings. The van der Waals surface area contributed by atoms with Gasteiger partial charge < -0.3 is 25.0 Å². The van der Waals surface area contributed by atoms with E-state index in [-0.39, 0.29) is 25.2 Å². The van der Waals surface area contributed by atoms with Crippen LogP contribution in [-0.4, -0.2) is 63.4 Å². The van der Waals surface area contributed by atoms with Crippen molar-refractivity contribution in [3.63, 3.8) is 0 Å². The molecule has 0 radical (unpaired) electrons. The number of hydrogen-bond acceptors (Lipinski definition) is 8. The normalized spacial score (nSPS) is 22.8. The number of aliphatic hydroxyl groups is 2. The summed E-state index contributed by atoms with van der Waals surface area (Å²) in [4.78, 5) is 49.4. The van der Waals surface area contributed by atoms with E-state index in [4.69, 9.17) is 9.47 Å². The van der Waals surface area contributed by atoms with E-state index >= 15 is 0 Å². The molecular weight excluding hydrogens is 410 g/mol. The van der Waals surface area contributed by atoms with Crippen LogP contribution in [0.25, 0.3) is 0 Å². The minimum absolute atomic E-state index is 0.00966. The molecule has 0 bridgehead atoms. The van der Waals surface area contributed by atoms with Crippen molar-refractivity contribution in [2.24, 2.45) is 0 Å². The van der Waals surface area contributed by atoms with Gasteiger partial charge in [-0.15, -0.1) is 0 Å². The average molecular weight is 433 g/mol. The molecule has 2 unspecified atom stereocenters. The van der Waals surface area contributed by atoms with Crippen LogP contribution in [0.4, 0.5) is 0 Å². The quantitative estimate of drug-likeness (QED) is 0.384. The fourth-order valence-corrected chi connectivity index (χ4v) is 3.21. The zero-order valence-corrected chi connectivity index (χ0v) is 16.7. The lowest BCUT2D eigenvalue weighted by Crippen LogP contribution is -2.40. The van der Waals surface area contributed by atoms with Crippen LogP contribution in [0.3, 0.4) is 0 Å². The monoisotopic (exact) mass is 433 g/mol. The number of benzene rings is 1. The zero-order chi connectivity index (χ0) is 22.5. The number of hydrogen-bond donors (Lipinski definition) is 4. The van der Waals surface area contributed by atoms with Gasteiger partial charge in [0.2, 0.25) is 5.91 Å². The standard InChI is InChI=1S/C20H23N3O8/c1-30-12-4-2-11(3-5-12)13(24)6-7-15(25)21-10-14-17(27)18(28)19(31-14)23-9-8-16(26)22-20(23)29/h2-5,8-9,14,17-19,27-28H,6-7,10H2,1H3,(H,21,25)(H,22,26,29)/t14-,17?,18?,19-/m0/s1. The lowest BCUT2D eigenvalue weighted by molar-refractivity contribution is -0.122. The van der Waals surface area contributed by atoms with E-state index in [2.05, 4.69) is 5.32 Å². The molecule has 4 atom stereocenters. The third-order valence-electron chi connectivity index (χ3n) is 4.95. The number of aliphatic hydroxyl groups excluding tert-OH is 2. The van der Waals surface area contributed by atoms with Crippen LogP contribution in [0.15, 0.2) is 46.1 Å². The number of nitrogens with zero attached hydrogens (tertiary/aromatic N) is 1. The van der Waals surface area contributed by atoms with Gasteiger partial charge in [-0.25, -0.2) is 4.79 Å². The summed E-state index contributed by atoms with van der Waals surface area (Å²) in [6, 6.07) is 7.62. The predicted octanol–water partition coefficient (Wildman–Crippen LogP) is -1.06. The molecule has 1 aromatic heterocycles. The van der Waals surface area contributed by atoms with Gasteiger partial charge in [0.05, 0.1) is 7.11 Å². The molecular formula is C20H23N3O8. The summed E-state index contributed by atoms with van der Waals surface area (Å²) in [6.07, 6.45) is -3.96. The Bertz CT molecular complexity index is 1050. The lowest BCUT2D eigenvalue weighted by Gasteiger charge is -2.16. The van der Waals surface area contributed by atoms with E-state index in [1.165, 1.54) is 7.11 Å². The van der Waals surface area contributed by atoms with E-state index in [1.807, 2.05) is 4.98 Å². The number of H-pyrrole nitrogens is 1. The van der Waals surface area contributed by atoms with Crippen molar-refractivity contribution < 1.29 is 29.3 Å². The minimum atomic E-state index is -1.44. The largest absolute Gasteiger partial charge is 0.497 e. The Morgan fingerprint density at radius 2 is 1.84 bits per heavy atom. The van der Waals surface area contributed by atoms with Crippen LogP contribution in [-0.2, 0) is 9.53 Å². The third kappa shape index (κ3) is 5.26. The summed E-state index contributed by atoms with van der Waals surface area (Å²) in [5.74, 6) is -0.0197. The minimum Gasteiger partial charge on any atom is -0.497 e. The first-order valence-corrected chi connectivity index (χ1v) is 9.57. The smallest absolute Gasteiger partial charge is 0.330 e. The molecule has 2 heterocycles. The number of methoxy groups -OCH3 is 1. The summed E-state index contributed by atoms with van der Waals surface area (Å²) in [7, 11) is 1.52. The molecule has 11 heteroatoms. The molecule has 1 aromatic carbocycles. The Morgan fingerprint density at radius 1 is 1.13 bits per heavy atom. The molecule has 166 valence electrons. The molecule has 11 nitrogen and oxygen atoms in total. The molecule has 1 amide bonds. The number of rotatable bonds is 8. The second-order valence-electron chi connectivity index (χ2n) is 7.02. The topological polar surface area (TPSA) is 160 Å². The van der Waals surface area contributed by atoms with E-state index in [0.717, 1.165) is 16.8 Å². The number of aromatic nitrogens is 2. The Labute approximate surface area is 176 Å². The first kappa shape index (κ1) is 22.4. The van der Waals surface area contributed by atoms with Crippen molar-refractivity contribution in [2.45, 2.75) is 37.4 Å². The first-order chi connectivity index (χ1) is 14.8. The van der Waals surface area contributed by atoms with Crippen molar-refractivity contribution in [1.82, 2.24) is 14.9 Å². The van der Waals surface area contributed by atoms with Gasteiger partial charge in [-0.1, -0.05) is 0 Å². The highest BCUT2D eigenvalue weighted by molar-refractivity contribution is 5.98. The first-order valence-electron chi connectivity index (χ1n) is 9.57. The van der Waals surface area contributed by atoms with E-state index in [1.54, 1.807) is 24.3 Å². The van der Waals surface area contributed by atoms with Gasteiger partial charge in [0.1, 0.15) is 24.1 Å². The number of ether oxygens (including phenoxy) is 2. The van der Waals surface area contributed by atoms with Gasteiger partial charge in [0.25, 0.3) is 5.56 Å². The second kappa shape index (κ2) is 9.69. The van der Waals surface area contributed by atoms with Gasteiger partial charge in [0, 0.05) is 37.2 Å². The second-order valence-corrected chi connectivity index (χ2v) is 7.02. The Balaban J connectivity index is 1.51. The molecule has 31 heavy (non-hydrogen) atoms. The van der Waals surface area contributed by atoms with E-state index < -0.39 is 41.7 Å². The molecule has 2 aromatic rings. The number of ketones is 1. The van der Waals surface area contributed by atoms with E-state index in [0.29, 0.717) is 11.3 Å². The average Bonchev–Trinajstić information content (AvgIpc) is 3.04. The van der Waals surface area contributed by atoms with Crippen molar-refractivity contribution >= 4 is 11.7 Å². The predicted molar refractivity (Wildman–Crippen MR) is 107 cm³/mol. The summed E-state index contributed by atoms with van der Waals surface area (Å²) in [6.45, 7) is -0.137. The maximum Gasteiger partial charge on any atom is 0.330 e. The number of amides is 1. The fourth-order valence-electron chi connectivity index (χ4n) is 3.21. The van der Waals surface area contributed by atoms with Gasteiger partial charge in [-0.05, 0) is 24.3 Å². The van der Waals surface area contributed by atoms with Crippen LogP contribution in [0.5, 0.6) is 5.75 Å². The van der Waals surface area contributed by atoms with Crippen molar-refractivity contribution in [2.75, 3.05) is 13.7 Å². The number of carbonyl (C=O) groups excluding carboxylic acids is 2. The Kier molecular flexibility index (Phi) is 7.00. The molecule has 4 N–H and O–H groups in total. The van der Waals surface area contributed by atoms with Gasteiger partial charge in [0.15, 0.2) is 12.0 Å². The zero-order valence-electron chi connectivity index (χ0n) is 16.7. The van der Waals surface area contributed by atoms with E-state index in [9.17, 15) is 29.4 Å². The third-order valence-corrected chi connectivity index (χ3v) is 4.95. The molecule has 1 fully saturated rings. The van der Waals surface area contributed by atoms with Gasteiger partial charge in [-0.3, -0.25) is 23.9 Å². The molecule has 0 aliphatic carbocycles. The number of aromatic amines is 1. The van der Waals surface area contributed by atoms with Crippen LogP contribution in [0.1, 0.15) is 29.4 Å². The highest BCUT2D eigenvalue weighted by atomic mass is 16.6. The number of nitrogens with one attached hydrogen (secondary N) is 2. The Morgan fingerprint density at radius 3 is 2.48 bits per heavy atom. The summed E-state index contributed by atoms with van der Waals surface area (Å²) in [5, 5.41) is 22.9. The van der Waals surface area contributed by atoms with Crippen molar-refractivity contribution in [3.8, 4) is 5.75 Å². The van der Waals surface area contributed by atoms with Crippen LogP contribution in [0.2, 0.25) is 0 Å².